The zero-order valence-corrected chi connectivity index (χ0v) is 52.8. The Bertz CT molecular complexity index is 3340. The summed E-state index contributed by atoms with van der Waals surface area (Å²) >= 11 is 0. The van der Waals surface area contributed by atoms with Gasteiger partial charge in [-0.15, -0.1) is 0 Å². The molecule has 0 aliphatic carbocycles. The van der Waals surface area contributed by atoms with Crippen molar-refractivity contribution in [3.05, 3.63) is 11.8 Å². The predicted molar refractivity (Wildman–Crippen MR) is 281 cm³/mol. The van der Waals surface area contributed by atoms with Gasteiger partial charge in [0.2, 0.25) is 12.0 Å². The topological polar surface area (TPSA) is 740 Å². The summed E-state index contributed by atoms with van der Waals surface area (Å²) in [6.07, 6.45) is -51.9. The first-order valence-electron chi connectivity index (χ1n) is 26.7. The second-order valence-corrected chi connectivity index (χ2v) is 27.8. The average Bonchev–Trinajstić information content (AvgIpc) is 0.795. The van der Waals surface area contributed by atoms with Crippen LogP contribution in [0.4, 0.5) is 0 Å². The number of aliphatic hydroxyl groups is 9. The predicted octanol–water partition coefficient (Wildman–Crippen LogP) is -10.5. The maximum Gasteiger partial charge on any atom is 0.397 e. The highest BCUT2D eigenvalue weighted by atomic mass is 32.3. The minimum atomic E-state index is -5.72. The Balaban J connectivity index is 1.33. The number of carboxylic acids is 2. The van der Waals surface area contributed by atoms with Crippen LogP contribution in [0, 0.1) is 29.6 Å². The van der Waals surface area contributed by atoms with Crippen LogP contribution < -0.4 is 0 Å². The van der Waals surface area contributed by atoms with Gasteiger partial charge in [-0.1, -0.05) is 0 Å². The van der Waals surface area contributed by atoms with E-state index in [1.165, 1.54) is 0 Å². The second kappa shape index (κ2) is 32.3. The zero-order chi connectivity index (χ0) is 71.6. The van der Waals surface area contributed by atoms with E-state index in [-0.39, 0.29) is 0 Å². The molecule has 6 aliphatic heterocycles. The van der Waals surface area contributed by atoms with Gasteiger partial charge in [-0.2, -0.15) is 50.5 Å². The molecule has 28 atom stereocenters. The number of carboxylic acid groups (broad SMARTS) is 2. The standard InChI is InChI=1S/C41H66O48S6/c1-11-29(86-92(61,62)63)27(48)32(88-94(67,68)69)40(80-11)76-4-13-15(36(54)82-20(22(13)43)9-78-90(55,56)57)6-74-38-25(46)17(24(45)31(85-38)35(52)53)8-73-37-16(7-75-39-26(47)18(42)3-19(83-39)34(50)51)14(23(44)21(84-37)10-79-91(58,59)60)5-77-41-33(89-95(70,71)72)28(49)30(12(2)81-41)87-93(64,65)66/h3,11-18,20-33,36-49,54H,4-10H2,1-2H3,(H,50,51)(H,52,53)(H,55,56,57)(H,58,59,60)(H,61,62,63)(H,64,65,66)(H,67,68,69)(H,70,71,72)/t11?,12?,13?,14?,15?,16?,17?,18?,20?,21?,22-,23-,24-,25?,26?,27?,28?,29+,30+,31?,32?,33?,36?,37-,38+,39+,40+,41+/m0/s1. The largest absolute Gasteiger partial charge is 0.479 e. The van der Waals surface area contributed by atoms with Crippen LogP contribution in [0.5, 0.6) is 0 Å². The van der Waals surface area contributed by atoms with E-state index in [0.29, 0.717) is 6.08 Å². The molecule has 6 rings (SSSR count). The summed E-state index contributed by atoms with van der Waals surface area (Å²) in [5.74, 6) is -14.6. The highest BCUT2D eigenvalue weighted by Gasteiger charge is 2.56. The third kappa shape index (κ3) is 22.7. The van der Waals surface area contributed by atoms with Crippen LogP contribution in [-0.2, 0) is 149 Å². The van der Waals surface area contributed by atoms with Crippen LogP contribution >= 0.6 is 0 Å². The minimum Gasteiger partial charge on any atom is -0.479 e. The van der Waals surface area contributed by atoms with E-state index in [1.807, 2.05) is 0 Å². The summed E-state index contributed by atoms with van der Waals surface area (Å²) in [7, 11) is -33.2. The van der Waals surface area contributed by atoms with Crippen LogP contribution in [0.15, 0.2) is 11.8 Å². The van der Waals surface area contributed by atoms with E-state index in [9.17, 15) is 144 Å². The van der Waals surface area contributed by atoms with E-state index in [4.69, 9.17) is 52.1 Å². The van der Waals surface area contributed by atoms with E-state index >= 15 is 0 Å². The maximum atomic E-state index is 12.7. The number of carbonyl (C=O) groups is 2. The third-order valence-corrected chi connectivity index (χ3v) is 17.7. The van der Waals surface area contributed by atoms with Crippen LogP contribution in [0.2, 0.25) is 0 Å². The molecule has 0 bridgehead atoms. The highest BCUT2D eigenvalue weighted by molar-refractivity contribution is 7.82. The van der Waals surface area contributed by atoms with Crippen molar-refractivity contribution in [2.45, 2.75) is 155 Å². The molecule has 0 saturated carbocycles. The minimum absolute atomic E-state index is 0.532. The molecule has 95 heavy (non-hydrogen) atoms. The molecule has 54 heteroatoms. The number of rotatable bonds is 31. The number of aliphatic hydroxyl groups excluding tert-OH is 9. The molecule has 5 saturated heterocycles. The molecule has 6 aliphatic rings. The molecule has 17 N–H and O–H groups in total. The van der Waals surface area contributed by atoms with E-state index in [0.717, 1.165) is 13.8 Å². The molecule has 0 spiro atoms. The number of ether oxygens (including phenoxy) is 11. The summed E-state index contributed by atoms with van der Waals surface area (Å²) in [5, 5.41) is 121. The molecule has 0 aromatic rings. The van der Waals surface area contributed by atoms with Gasteiger partial charge < -0.3 is 108 Å². The molecule has 6 heterocycles. The van der Waals surface area contributed by atoms with E-state index < -0.39 is 297 Å². The molecule has 0 aromatic carbocycles. The first-order valence-corrected chi connectivity index (χ1v) is 34.9. The van der Waals surface area contributed by atoms with Crippen molar-refractivity contribution < 1.29 is 221 Å². The van der Waals surface area contributed by atoms with Crippen molar-refractivity contribution in [1.29, 1.82) is 0 Å². The molecule has 5 fully saturated rings. The summed E-state index contributed by atoms with van der Waals surface area (Å²) in [6.45, 7) is -6.80. The highest BCUT2D eigenvalue weighted by Crippen LogP contribution is 2.40. The van der Waals surface area contributed by atoms with Gasteiger partial charge >= 0.3 is 74.3 Å². The summed E-state index contributed by atoms with van der Waals surface area (Å²) in [5.41, 5.74) is 0. The summed E-state index contributed by atoms with van der Waals surface area (Å²) < 4.78 is 285. The Labute approximate surface area is 536 Å². The Kier molecular flexibility index (Phi) is 27.5. The average molecular weight is 1520 g/mol. The van der Waals surface area contributed by atoms with Gasteiger partial charge in [0, 0.05) is 29.6 Å². The van der Waals surface area contributed by atoms with Gasteiger partial charge in [0.05, 0.1) is 76.8 Å². The van der Waals surface area contributed by atoms with E-state index in [2.05, 4.69) is 25.1 Å². The van der Waals surface area contributed by atoms with Gasteiger partial charge in [0.25, 0.3) is 0 Å². The van der Waals surface area contributed by atoms with Crippen LogP contribution in [-0.4, -0.2) is 334 Å². The van der Waals surface area contributed by atoms with Gasteiger partial charge in [0.15, 0.2) is 49.8 Å². The third-order valence-electron chi connectivity index (χ3n) is 14.9. The van der Waals surface area contributed by atoms with Crippen molar-refractivity contribution >= 4 is 74.3 Å². The Morgan fingerprint density at radius 1 is 0.389 bits per heavy atom. The van der Waals surface area contributed by atoms with Crippen molar-refractivity contribution in [2.75, 3.05) is 46.2 Å². The molecule has 18 unspecified atom stereocenters. The van der Waals surface area contributed by atoms with Crippen molar-refractivity contribution in [3.63, 3.8) is 0 Å². The molecule has 0 radical (unpaired) electrons. The second-order valence-electron chi connectivity index (χ2n) is 21.4. The summed E-state index contributed by atoms with van der Waals surface area (Å²) in [4.78, 5) is 24.6. The normalized spacial score (nSPS) is 40.4. The Morgan fingerprint density at radius 3 is 1.20 bits per heavy atom. The lowest BCUT2D eigenvalue weighted by Gasteiger charge is -2.47. The number of hydrogen-bond acceptors (Lipinski definition) is 40. The van der Waals surface area contributed by atoms with E-state index in [1.54, 1.807) is 0 Å². The first-order chi connectivity index (χ1) is 43.5. The fourth-order valence-electron chi connectivity index (χ4n) is 10.5. The van der Waals surface area contributed by atoms with Gasteiger partial charge in [-0.25, -0.2) is 34.7 Å². The number of aliphatic carboxylic acids is 2. The van der Waals surface area contributed by atoms with Crippen molar-refractivity contribution in [2.24, 2.45) is 29.6 Å². The van der Waals surface area contributed by atoms with Crippen LogP contribution in [0.3, 0.4) is 0 Å². The van der Waals surface area contributed by atoms with Gasteiger partial charge in [-0.3, -0.25) is 27.3 Å². The van der Waals surface area contributed by atoms with Crippen molar-refractivity contribution in [1.82, 2.24) is 0 Å². The quantitative estimate of drug-likeness (QED) is 0.0287. The molecule has 0 aromatic heterocycles. The molecule has 0 amide bonds. The van der Waals surface area contributed by atoms with Crippen LogP contribution in [0.1, 0.15) is 13.8 Å². The monoisotopic (exact) mass is 1520 g/mol. The van der Waals surface area contributed by atoms with Crippen molar-refractivity contribution in [3.8, 4) is 0 Å². The molecular weight excluding hydrogens is 1450 g/mol. The fraction of sp³-hybridized carbons (Fsp3) is 0.902. The Morgan fingerprint density at radius 2 is 0.768 bits per heavy atom. The van der Waals surface area contributed by atoms with Crippen LogP contribution in [0.25, 0.3) is 0 Å². The lowest BCUT2D eigenvalue weighted by molar-refractivity contribution is -0.331. The zero-order valence-electron chi connectivity index (χ0n) is 47.9. The SMILES string of the molecule is CC1O[C@@H](OCC2C(CO[C@@H]3OC(C(=O)O)[C@@H](O)C(CO[C@H]4OC(COS(=O)(=O)O)[C@@H](O)C(CO[C@@H]5OC(C)[C@@H](OS(=O)(=O)O)C(O)C5OS(=O)(=O)O)C4CO[C@@H]4OC(C(=O)O)=CC(O)C4O)C3O)C(O)OC(COS(=O)(=O)O)[C@H]2O)C(OS(=O)(=O)O)C(O)[C@@H]1OS(=O)(=O)O. The smallest absolute Gasteiger partial charge is 0.397 e. The lowest BCUT2D eigenvalue weighted by Crippen LogP contribution is -2.62. The Hall–Kier alpha value is -3.06. The summed E-state index contributed by atoms with van der Waals surface area (Å²) in [6, 6.07) is 0. The fourth-order valence-corrected chi connectivity index (χ4v) is 13.2. The maximum absolute atomic E-state index is 12.7. The molecule has 48 nitrogen and oxygen atoms in total. The first kappa shape index (κ1) is 80.9. The lowest BCUT2D eigenvalue weighted by atomic mass is 9.82. The molecular formula is C41H66O48S6. The van der Waals surface area contributed by atoms with Gasteiger partial charge in [0.1, 0.15) is 54.9 Å². The van der Waals surface area contributed by atoms with Gasteiger partial charge in [-0.05, 0) is 19.9 Å². The number of hydrogen-bond donors (Lipinski definition) is 17. The molecule has 554 valence electrons.